The fourth-order valence-electron chi connectivity index (χ4n) is 3.75. The molecule has 1 aliphatic heterocycles. The second-order valence-electron chi connectivity index (χ2n) is 6.91. The van der Waals surface area contributed by atoms with Gasteiger partial charge in [0, 0.05) is 5.56 Å². The largest absolute Gasteiger partial charge is 0.496 e. The Morgan fingerprint density at radius 1 is 1.19 bits per heavy atom. The quantitative estimate of drug-likeness (QED) is 0.661. The van der Waals surface area contributed by atoms with Crippen molar-refractivity contribution >= 4 is 10.9 Å². The van der Waals surface area contributed by atoms with Crippen LogP contribution >= 0.6 is 0 Å². The first kappa shape index (κ1) is 17.7. The van der Waals surface area contributed by atoms with Crippen molar-refractivity contribution in [2.75, 3.05) is 20.2 Å². The van der Waals surface area contributed by atoms with Crippen molar-refractivity contribution in [3.8, 4) is 17.1 Å². The highest BCUT2D eigenvalue weighted by molar-refractivity contribution is 5.86. The van der Waals surface area contributed by atoms with Crippen molar-refractivity contribution in [2.45, 2.75) is 25.4 Å². The minimum Gasteiger partial charge on any atom is -0.496 e. The van der Waals surface area contributed by atoms with E-state index in [1.807, 2.05) is 12.1 Å². The molecule has 2 heterocycles. The normalized spacial score (nSPS) is 15.2. The lowest BCUT2D eigenvalue weighted by Gasteiger charge is -2.23. The molecule has 140 valence electrons. The highest BCUT2D eigenvalue weighted by Crippen LogP contribution is 2.28. The number of piperidine rings is 1. The summed E-state index contributed by atoms with van der Waals surface area (Å²) < 4.78 is 5.30. The third kappa shape index (κ3) is 3.46. The Bertz CT molecular complexity index is 1010. The number of nitrogens with one attached hydrogen (secondary N) is 2. The molecule has 0 radical (unpaired) electrons. The number of rotatable bonds is 4. The average molecular weight is 365 g/mol. The van der Waals surface area contributed by atoms with E-state index in [0.29, 0.717) is 34.0 Å². The minimum absolute atomic E-state index is 0.138. The minimum atomic E-state index is -0.251. The maximum Gasteiger partial charge on any atom is 0.262 e. The third-order valence-corrected chi connectivity index (χ3v) is 5.23. The zero-order valence-electron chi connectivity index (χ0n) is 15.3. The van der Waals surface area contributed by atoms with E-state index in [2.05, 4.69) is 27.4 Å². The Kier molecular flexibility index (Phi) is 4.92. The molecule has 0 bridgehead atoms. The number of hydrogen-bond acceptors (Lipinski definition) is 5. The van der Waals surface area contributed by atoms with E-state index in [1.54, 1.807) is 12.1 Å². The van der Waals surface area contributed by atoms with Gasteiger partial charge in [-0.05, 0) is 55.1 Å². The van der Waals surface area contributed by atoms with Crippen LogP contribution in [0.5, 0.6) is 5.75 Å². The number of benzene rings is 2. The molecule has 4 rings (SSSR count). The molecular weight excluding hydrogens is 342 g/mol. The first-order valence-corrected chi connectivity index (χ1v) is 9.22. The topological polar surface area (TPSA) is 87.2 Å². The lowest BCUT2D eigenvalue weighted by molar-refractivity contribution is 0.281. The maximum absolute atomic E-state index is 12.6. The van der Waals surface area contributed by atoms with Crippen LogP contribution in [0.3, 0.4) is 0 Å². The number of H-pyrrole nitrogens is 1. The fourth-order valence-corrected chi connectivity index (χ4v) is 3.75. The molecule has 1 fully saturated rings. The molecule has 6 heteroatoms. The smallest absolute Gasteiger partial charge is 0.262 e. The van der Waals surface area contributed by atoms with Gasteiger partial charge in [-0.15, -0.1) is 0 Å². The van der Waals surface area contributed by atoms with Crippen LogP contribution in [0.25, 0.3) is 22.3 Å². The van der Waals surface area contributed by atoms with Crippen molar-refractivity contribution in [3.05, 3.63) is 57.9 Å². The number of fused-ring (bicyclic) bond motifs is 1. The van der Waals surface area contributed by atoms with E-state index in [0.717, 1.165) is 31.5 Å². The summed E-state index contributed by atoms with van der Waals surface area (Å²) in [6.07, 6.45) is 2.29. The Hall–Kier alpha value is -2.70. The van der Waals surface area contributed by atoms with Crippen LogP contribution in [0.1, 0.15) is 29.9 Å². The average Bonchev–Trinajstić information content (AvgIpc) is 2.73. The first-order valence-electron chi connectivity index (χ1n) is 9.22. The summed E-state index contributed by atoms with van der Waals surface area (Å²) in [6.45, 7) is 1.98. The van der Waals surface area contributed by atoms with E-state index in [-0.39, 0.29) is 12.2 Å². The molecule has 0 atom stereocenters. The molecule has 3 aromatic rings. The predicted octanol–water partition coefficient (Wildman–Crippen LogP) is 2.56. The van der Waals surface area contributed by atoms with Crippen LogP contribution in [0.15, 0.2) is 41.2 Å². The monoisotopic (exact) mass is 365 g/mol. The lowest BCUT2D eigenvalue weighted by atomic mass is 9.90. The van der Waals surface area contributed by atoms with Crippen LogP contribution in [-0.2, 0) is 6.61 Å². The fraction of sp³-hybridized carbons (Fsp3) is 0.333. The van der Waals surface area contributed by atoms with Gasteiger partial charge in [-0.3, -0.25) is 4.79 Å². The number of aromatic nitrogens is 2. The predicted molar refractivity (Wildman–Crippen MR) is 105 cm³/mol. The second kappa shape index (κ2) is 7.50. The molecule has 0 amide bonds. The summed E-state index contributed by atoms with van der Waals surface area (Å²) in [5, 5.41) is 13.2. The molecule has 0 saturated carbocycles. The van der Waals surface area contributed by atoms with Gasteiger partial charge in [-0.25, -0.2) is 4.98 Å². The van der Waals surface area contributed by atoms with Crippen LogP contribution in [0.2, 0.25) is 0 Å². The van der Waals surface area contributed by atoms with Gasteiger partial charge in [0.15, 0.2) is 0 Å². The standard InChI is InChI=1S/C21H23N3O3/c1-27-18-11-13(12-25)10-17-19(18)21(26)24-20(23-17)16-4-2-14(3-5-16)15-6-8-22-9-7-15/h2-5,10-11,15,22,25H,6-9,12H2,1H3,(H,23,24,26). The van der Waals surface area contributed by atoms with E-state index in [1.165, 1.54) is 12.7 Å². The Morgan fingerprint density at radius 3 is 2.59 bits per heavy atom. The van der Waals surface area contributed by atoms with E-state index >= 15 is 0 Å². The molecule has 3 N–H and O–H groups in total. The maximum atomic E-state index is 12.6. The van der Waals surface area contributed by atoms with Crippen molar-refractivity contribution < 1.29 is 9.84 Å². The molecule has 0 aliphatic carbocycles. The lowest BCUT2D eigenvalue weighted by Crippen LogP contribution is -2.26. The summed E-state index contributed by atoms with van der Waals surface area (Å²) in [5.41, 5.74) is 3.11. The van der Waals surface area contributed by atoms with Gasteiger partial charge in [0.05, 0.1) is 19.2 Å². The second-order valence-corrected chi connectivity index (χ2v) is 6.91. The van der Waals surface area contributed by atoms with Crippen molar-refractivity contribution in [2.24, 2.45) is 0 Å². The van der Waals surface area contributed by atoms with E-state index in [9.17, 15) is 9.90 Å². The SMILES string of the molecule is COc1cc(CO)cc2nc(-c3ccc(C4CCNCC4)cc3)[nH]c(=O)c12. The van der Waals surface area contributed by atoms with Crippen molar-refractivity contribution in [1.29, 1.82) is 0 Å². The summed E-state index contributed by atoms with van der Waals surface area (Å²) in [4.78, 5) is 20.1. The number of methoxy groups -OCH3 is 1. The van der Waals surface area contributed by atoms with Gasteiger partial charge in [0.25, 0.3) is 5.56 Å². The van der Waals surface area contributed by atoms with Crippen molar-refractivity contribution in [3.63, 3.8) is 0 Å². The molecule has 0 unspecified atom stereocenters. The number of aliphatic hydroxyl groups is 1. The van der Waals surface area contributed by atoms with E-state index < -0.39 is 0 Å². The van der Waals surface area contributed by atoms with Crippen LogP contribution in [0, 0.1) is 0 Å². The molecule has 6 nitrogen and oxygen atoms in total. The number of hydrogen-bond donors (Lipinski definition) is 3. The third-order valence-electron chi connectivity index (χ3n) is 5.23. The highest BCUT2D eigenvalue weighted by Gasteiger charge is 2.16. The van der Waals surface area contributed by atoms with Gasteiger partial charge in [0.2, 0.25) is 0 Å². The molecule has 1 aromatic heterocycles. The van der Waals surface area contributed by atoms with Gasteiger partial charge in [-0.2, -0.15) is 0 Å². The Labute approximate surface area is 157 Å². The number of aliphatic hydroxyl groups excluding tert-OH is 1. The highest BCUT2D eigenvalue weighted by atomic mass is 16.5. The molecule has 1 saturated heterocycles. The number of nitrogens with zero attached hydrogens (tertiary/aromatic N) is 1. The summed E-state index contributed by atoms with van der Waals surface area (Å²) in [6, 6.07) is 11.6. The summed E-state index contributed by atoms with van der Waals surface area (Å²) in [7, 11) is 1.50. The van der Waals surface area contributed by atoms with Crippen molar-refractivity contribution in [1.82, 2.24) is 15.3 Å². The van der Waals surface area contributed by atoms with Gasteiger partial charge >= 0.3 is 0 Å². The summed E-state index contributed by atoms with van der Waals surface area (Å²) in [5.74, 6) is 1.51. The zero-order valence-corrected chi connectivity index (χ0v) is 15.3. The molecular formula is C21H23N3O3. The first-order chi connectivity index (χ1) is 13.2. The molecule has 2 aromatic carbocycles. The molecule has 27 heavy (non-hydrogen) atoms. The Morgan fingerprint density at radius 2 is 1.93 bits per heavy atom. The van der Waals surface area contributed by atoms with Gasteiger partial charge < -0.3 is 20.1 Å². The van der Waals surface area contributed by atoms with Crippen LogP contribution in [0.4, 0.5) is 0 Å². The van der Waals surface area contributed by atoms with Gasteiger partial charge in [-0.1, -0.05) is 24.3 Å². The van der Waals surface area contributed by atoms with Gasteiger partial charge in [0.1, 0.15) is 17.0 Å². The Balaban J connectivity index is 1.74. The molecule has 0 spiro atoms. The van der Waals surface area contributed by atoms with Crippen LogP contribution in [-0.4, -0.2) is 35.3 Å². The van der Waals surface area contributed by atoms with E-state index in [4.69, 9.17) is 4.74 Å². The summed E-state index contributed by atoms with van der Waals surface area (Å²) >= 11 is 0. The molecule has 1 aliphatic rings. The van der Waals surface area contributed by atoms with Crippen LogP contribution < -0.4 is 15.6 Å². The zero-order chi connectivity index (χ0) is 18.8. The number of ether oxygens (including phenoxy) is 1. The number of aromatic amines is 1.